The van der Waals surface area contributed by atoms with Crippen LogP contribution in [0.25, 0.3) is 0 Å². The number of hydrogen-bond acceptors (Lipinski definition) is 5. The maximum atomic E-state index is 14.6. The van der Waals surface area contributed by atoms with E-state index in [0.29, 0.717) is 39.1 Å². The number of rotatable bonds is 6. The fourth-order valence-corrected chi connectivity index (χ4v) is 4.31. The van der Waals surface area contributed by atoms with Gasteiger partial charge in [-0.25, -0.2) is 4.39 Å². The molecule has 1 aliphatic carbocycles. The molecule has 144 valence electrons. The van der Waals surface area contributed by atoms with Gasteiger partial charge in [-0.3, -0.25) is 9.48 Å². The van der Waals surface area contributed by atoms with Crippen LogP contribution in [0.4, 0.5) is 4.39 Å². The van der Waals surface area contributed by atoms with Gasteiger partial charge in [0.2, 0.25) is 0 Å². The van der Waals surface area contributed by atoms with Crippen molar-refractivity contribution in [3.8, 4) is 0 Å². The monoisotopic (exact) mass is 365 g/mol. The highest BCUT2D eigenvalue weighted by Crippen LogP contribution is 2.39. The first-order chi connectivity index (χ1) is 12.6. The van der Waals surface area contributed by atoms with Crippen molar-refractivity contribution in [2.75, 3.05) is 39.4 Å². The van der Waals surface area contributed by atoms with Crippen molar-refractivity contribution in [3.05, 3.63) is 11.4 Å². The second kappa shape index (κ2) is 7.23. The van der Waals surface area contributed by atoms with Crippen molar-refractivity contribution in [3.63, 3.8) is 0 Å². The third-order valence-electron chi connectivity index (χ3n) is 6.00. The summed E-state index contributed by atoms with van der Waals surface area (Å²) in [6.07, 6.45) is 4.01. The summed E-state index contributed by atoms with van der Waals surface area (Å²) in [4.78, 5) is 16.6. The maximum Gasteiger partial charge on any atom is 0.260 e. The van der Waals surface area contributed by atoms with E-state index in [-0.39, 0.29) is 11.8 Å². The van der Waals surface area contributed by atoms with Crippen LogP contribution in [0.3, 0.4) is 0 Å². The molecule has 8 heteroatoms. The quantitative estimate of drug-likeness (QED) is 0.710. The summed E-state index contributed by atoms with van der Waals surface area (Å²) in [6, 6.07) is 0. The Balaban J connectivity index is 1.38. The van der Waals surface area contributed by atoms with Gasteiger partial charge in [-0.2, -0.15) is 0 Å². The Morgan fingerprint density at radius 3 is 2.77 bits per heavy atom. The molecule has 1 atom stereocenters. The standard InChI is InChI=1S/C18H28FN5O2/c1-22-16-14(13-26-10-9-23-7-2-3-8-23)11-24(12-15(16)20-21-22)17(25)18(19)5-4-6-18/h14H,2-13H2,1H3/t14-/m1/s1. The van der Waals surface area contributed by atoms with E-state index in [9.17, 15) is 9.18 Å². The molecule has 4 rings (SSSR count). The number of aryl methyl sites for hydroxylation is 1. The second-order valence-corrected chi connectivity index (χ2v) is 7.87. The number of halogens is 1. The lowest BCUT2D eigenvalue weighted by Gasteiger charge is -2.40. The summed E-state index contributed by atoms with van der Waals surface area (Å²) in [5, 5.41) is 8.29. The lowest BCUT2D eigenvalue weighted by atomic mass is 9.80. The van der Waals surface area contributed by atoms with E-state index < -0.39 is 5.67 Å². The van der Waals surface area contributed by atoms with Crippen LogP contribution in [-0.2, 0) is 23.1 Å². The Bertz CT molecular complexity index is 654. The number of carbonyl (C=O) groups is 1. The van der Waals surface area contributed by atoms with Crippen LogP contribution < -0.4 is 0 Å². The van der Waals surface area contributed by atoms with Gasteiger partial charge in [-0.1, -0.05) is 5.21 Å². The molecule has 0 aromatic carbocycles. The Labute approximate surface area is 153 Å². The van der Waals surface area contributed by atoms with Crippen LogP contribution in [0.1, 0.15) is 49.4 Å². The minimum Gasteiger partial charge on any atom is -0.379 e. The van der Waals surface area contributed by atoms with E-state index in [1.807, 2.05) is 7.05 Å². The molecular formula is C18H28FN5O2. The second-order valence-electron chi connectivity index (χ2n) is 7.87. The normalized spacial score (nSPS) is 25.2. The number of alkyl halides is 1. The lowest BCUT2D eigenvalue weighted by molar-refractivity contribution is -0.151. The van der Waals surface area contributed by atoms with Gasteiger partial charge in [0.05, 0.1) is 25.5 Å². The summed E-state index contributed by atoms with van der Waals surface area (Å²) in [5.41, 5.74) is 0.112. The topological polar surface area (TPSA) is 63.5 Å². The number of fused-ring (bicyclic) bond motifs is 1. The first-order valence-electron chi connectivity index (χ1n) is 9.74. The van der Waals surface area contributed by atoms with Gasteiger partial charge in [0.15, 0.2) is 5.67 Å². The smallest absolute Gasteiger partial charge is 0.260 e. The summed E-state index contributed by atoms with van der Waals surface area (Å²) < 4.78 is 22.3. The minimum absolute atomic E-state index is 0.00930. The molecule has 0 bridgehead atoms. The largest absolute Gasteiger partial charge is 0.379 e. The zero-order chi connectivity index (χ0) is 18.1. The van der Waals surface area contributed by atoms with Crippen molar-refractivity contribution in [2.45, 2.75) is 50.2 Å². The summed E-state index contributed by atoms with van der Waals surface area (Å²) >= 11 is 0. The summed E-state index contributed by atoms with van der Waals surface area (Å²) in [7, 11) is 1.86. The van der Waals surface area contributed by atoms with Crippen LogP contribution in [0.5, 0.6) is 0 Å². The van der Waals surface area contributed by atoms with Gasteiger partial charge in [0.1, 0.15) is 5.69 Å². The Morgan fingerprint density at radius 2 is 2.08 bits per heavy atom. The Morgan fingerprint density at radius 1 is 1.31 bits per heavy atom. The molecule has 7 nitrogen and oxygen atoms in total. The number of amides is 1. The van der Waals surface area contributed by atoms with Crippen molar-refractivity contribution in [1.29, 1.82) is 0 Å². The molecule has 2 aliphatic heterocycles. The van der Waals surface area contributed by atoms with E-state index >= 15 is 0 Å². The number of nitrogens with zero attached hydrogens (tertiary/aromatic N) is 5. The number of likely N-dealkylation sites (tertiary alicyclic amines) is 1. The average Bonchev–Trinajstić information content (AvgIpc) is 3.26. The molecular weight excluding hydrogens is 337 g/mol. The van der Waals surface area contributed by atoms with Crippen molar-refractivity contribution >= 4 is 5.91 Å². The molecule has 1 saturated heterocycles. The van der Waals surface area contributed by atoms with Gasteiger partial charge in [-0.15, -0.1) is 5.10 Å². The molecule has 0 spiro atoms. The zero-order valence-electron chi connectivity index (χ0n) is 15.5. The number of hydrogen-bond donors (Lipinski definition) is 0. The molecule has 1 aromatic rings. The van der Waals surface area contributed by atoms with E-state index in [0.717, 1.165) is 37.4 Å². The molecule has 0 radical (unpaired) electrons. The number of carbonyl (C=O) groups excluding carboxylic acids is 1. The average molecular weight is 365 g/mol. The molecule has 0 N–H and O–H groups in total. The fraction of sp³-hybridized carbons (Fsp3) is 0.833. The predicted molar refractivity (Wildman–Crippen MR) is 93.3 cm³/mol. The maximum absolute atomic E-state index is 14.6. The van der Waals surface area contributed by atoms with E-state index in [2.05, 4.69) is 15.2 Å². The summed E-state index contributed by atoms with van der Waals surface area (Å²) in [5.74, 6) is -0.396. The van der Waals surface area contributed by atoms with Crippen LogP contribution in [-0.4, -0.2) is 75.8 Å². The molecule has 0 unspecified atom stereocenters. The fourth-order valence-electron chi connectivity index (χ4n) is 4.31. The minimum atomic E-state index is -1.67. The SMILES string of the molecule is Cn1nnc2c1[C@@H](COCCN1CCCC1)CN(C(=O)C1(F)CCC1)C2. The number of aromatic nitrogens is 3. The lowest BCUT2D eigenvalue weighted by Crippen LogP contribution is -2.52. The van der Waals surface area contributed by atoms with E-state index in [1.165, 1.54) is 12.8 Å². The third-order valence-corrected chi connectivity index (χ3v) is 6.00. The predicted octanol–water partition coefficient (Wildman–Crippen LogP) is 1.25. The Kier molecular flexibility index (Phi) is 4.96. The van der Waals surface area contributed by atoms with Crippen molar-refractivity contribution in [1.82, 2.24) is 24.8 Å². The first-order valence-corrected chi connectivity index (χ1v) is 9.74. The van der Waals surface area contributed by atoms with E-state index in [1.54, 1.807) is 9.58 Å². The van der Waals surface area contributed by atoms with Crippen LogP contribution in [0, 0.1) is 0 Å². The van der Waals surface area contributed by atoms with Gasteiger partial charge in [0.25, 0.3) is 5.91 Å². The summed E-state index contributed by atoms with van der Waals surface area (Å²) in [6.45, 7) is 5.26. The molecule has 1 amide bonds. The third kappa shape index (κ3) is 3.36. The van der Waals surface area contributed by atoms with Crippen LogP contribution >= 0.6 is 0 Å². The van der Waals surface area contributed by atoms with Crippen molar-refractivity contribution in [2.24, 2.45) is 7.05 Å². The molecule has 1 aromatic heterocycles. The van der Waals surface area contributed by atoms with Crippen molar-refractivity contribution < 1.29 is 13.9 Å². The molecule has 26 heavy (non-hydrogen) atoms. The van der Waals surface area contributed by atoms with Crippen LogP contribution in [0.15, 0.2) is 0 Å². The first kappa shape index (κ1) is 17.9. The molecule has 3 heterocycles. The highest BCUT2D eigenvalue weighted by molar-refractivity contribution is 5.86. The van der Waals surface area contributed by atoms with Gasteiger partial charge < -0.3 is 14.5 Å². The highest BCUT2D eigenvalue weighted by atomic mass is 19.1. The van der Waals surface area contributed by atoms with Gasteiger partial charge in [-0.05, 0) is 45.2 Å². The zero-order valence-corrected chi connectivity index (χ0v) is 15.5. The Hall–Kier alpha value is -1.54. The molecule has 3 aliphatic rings. The van der Waals surface area contributed by atoms with Gasteiger partial charge in [0, 0.05) is 26.1 Å². The molecule has 2 fully saturated rings. The van der Waals surface area contributed by atoms with Crippen LogP contribution in [0.2, 0.25) is 0 Å². The van der Waals surface area contributed by atoms with E-state index in [4.69, 9.17) is 4.74 Å². The van der Waals surface area contributed by atoms with Gasteiger partial charge >= 0.3 is 0 Å². The number of ether oxygens (including phenoxy) is 1. The highest BCUT2D eigenvalue weighted by Gasteiger charge is 2.48. The molecule has 1 saturated carbocycles.